The van der Waals surface area contributed by atoms with Gasteiger partial charge < -0.3 is 5.32 Å². The number of para-hydroxylation sites is 1. The molecule has 1 atom stereocenters. The molecule has 142 valence electrons. The lowest BCUT2D eigenvalue weighted by Crippen LogP contribution is -2.24. The Morgan fingerprint density at radius 2 is 1.66 bits per heavy atom. The minimum atomic E-state index is -0.120. The van der Waals surface area contributed by atoms with Crippen LogP contribution in [0.2, 0.25) is 5.02 Å². The normalized spacial score (nSPS) is 15.6. The molecule has 0 aliphatic carbocycles. The van der Waals surface area contributed by atoms with Crippen LogP contribution in [0.15, 0.2) is 84.9 Å². The van der Waals surface area contributed by atoms with Gasteiger partial charge in [0.1, 0.15) is 5.82 Å². The number of nitrogens with zero attached hydrogens (tertiary/aromatic N) is 2. The molecular formula is C24H18ClN3O. The van der Waals surface area contributed by atoms with Crippen molar-refractivity contribution in [1.82, 2.24) is 9.78 Å². The molecule has 3 aromatic carbocycles. The summed E-state index contributed by atoms with van der Waals surface area (Å²) in [5.41, 5.74) is 4.81. The van der Waals surface area contributed by atoms with E-state index in [9.17, 15) is 4.79 Å². The molecule has 1 aromatic heterocycles. The van der Waals surface area contributed by atoms with E-state index >= 15 is 0 Å². The number of carbonyl (C=O) groups is 1. The second kappa shape index (κ2) is 7.22. The predicted octanol–water partition coefficient (Wildman–Crippen LogP) is 5.67. The molecule has 1 N–H and O–H groups in total. The van der Waals surface area contributed by atoms with Crippen LogP contribution in [0.3, 0.4) is 0 Å². The predicted molar refractivity (Wildman–Crippen MR) is 116 cm³/mol. The Morgan fingerprint density at radius 1 is 0.931 bits per heavy atom. The summed E-state index contributed by atoms with van der Waals surface area (Å²) in [6.45, 7) is 0. The smallest absolute Gasteiger partial charge is 0.226 e. The van der Waals surface area contributed by atoms with Crippen molar-refractivity contribution in [1.29, 1.82) is 0 Å². The van der Waals surface area contributed by atoms with Crippen molar-refractivity contribution in [2.75, 3.05) is 5.32 Å². The van der Waals surface area contributed by atoms with Crippen molar-refractivity contribution in [3.05, 3.63) is 101 Å². The number of benzene rings is 3. The Morgan fingerprint density at radius 3 is 2.38 bits per heavy atom. The molecule has 1 unspecified atom stereocenters. The molecule has 0 spiro atoms. The van der Waals surface area contributed by atoms with Crippen molar-refractivity contribution in [2.24, 2.45) is 0 Å². The second-order valence-electron chi connectivity index (χ2n) is 7.08. The Hall–Kier alpha value is -3.37. The summed E-state index contributed by atoms with van der Waals surface area (Å²) < 4.78 is 1.83. The Balaban J connectivity index is 1.78. The van der Waals surface area contributed by atoms with E-state index in [1.807, 2.05) is 89.6 Å². The van der Waals surface area contributed by atoms with Crippen LogP contribution in [0, 0.1) is 0 Å². The topological polar surface area (TPSA) is 46.9 Å². The maximum Gasteiger partial charge on any atom is 0.226 e. The van der Waals surface area contributed by atoms with Crippen LogP contribution in [0.4, 0.5) is 5.82 Å². The minimum Gasteiger partial charge on any atom is -0.310 e. The Labute approximate surface area is 173 Å². The van der Waals surface area contributed by atoms with Gasteiger partial charge in [-0.15, -0.1) is 0 Å². The van der Waals surface area contributed by atoms with Gasteiger partial charge in [-0.25, -0.2) is 4.68 Å². The summed E-state index contributed by atoms with van der Waals surface area (Å²) in [5, 5.41) is 8.65. The summed E-state index contributed by atoms with van der Waals surface area (Å²) in [5.74, 6) is 0.570. The largest absolute Gasteiger partial charge is 0.310 e. The minimum absolute atomic E-state index is 0.0285. The summed E-state index contributed by atoms with van der Waals surface area (Å²) >= 11 is 6.26. The number of fused-ring (bicyclic) bond motifs is 1. The van der Waals surface area contributed by atoms with Crippen LogP contribution in [0.25, 0.3) is 16.9 Å². The molecule has 1 aliphatic heterocycles. The first-order valence-corrected chi connectivity index (χ1v) is 9.87. The molecule has 4 nitrogen and oxygen atoms in total. The van der Waals surface area contributed by atoms with Crippen molar-refractivity contribution in [2.45, 2.75) is 12.3 Å². The van der Waals surface area contributed by atoms with Gasteiger partial charge in [0.15, 0.2) is 0 Å². The van der Waals surface area contributed by atoms with Gasteiger partial charge in [-0.1, -0.05) is 72.3 Å². The highest BCUT2D eigenvalue weighted by molar-refractivity contribution is 6.30. The van der Waals surface area contributed by atoms with E-state index in [1.165, 1.54) is 0 Å². The molecule has 4 aromatic rings. The van der Waals surface area contributed by atoms with Crippen LogP contribution in [0.1, 0.15) is 23.5 Å². The van der Waals surface area contributed by atoms with Crippen molar-refractivity contribution >= 4 is 23.3 Å². The molecule has 5 rings (SSSR count). The van der Waals surface area contributed by atoms with Gasteiger partial charge in [0, 0.05) is 28.5 Å². The average molecular weight is 400 g/mol. The molecule has 1 aliphatic rings. The number of hydrogen-bond acceptors (Lipinski definition) is 2. The lowest BCUT2D eigenvalue weighted by molar-refractivity contribution is -0.116. The van der Waals surface area contributed by atoms with Gasteiger partial charge in [0.05, 0.1) is 11.4 Å². The number of hydrogen-bond donors (Lipinski definition) is 1. The number of halogens is 1. The average Bonchev–Trinajstić information content (AvgIpc) is 3.14. The second-order valence-corrected chi connectivity index (χ2v) is 7.52. The fourth-order valence-corrected chi connectivity index (χ4v) is 4.12. The molecule has 0 saturated heterocycles. The molecule has 1 amide bonds. The third-order valence-electron chi connectivity index (χ3n) is 5.22. The van der Waals surface area contributed by atoms with Crippen molar-refractivity contribution in [3.63, 3.8) is 0 Å². The molecular weight excluding hydrogens is 382 g/mol. The van der Waals surface area contributed by atoms with Crippen LogP contribution >= 0.6 is 11.6 Å². The lowest BCUT2D eigenvalue weighted by Gasteiger charge is -2.25. The Kier molecular flexibility index (Phi) is 4.41. The highest BCUT2D eigenvalue weighted by Gasteiger charge is 2.34. The van der Waals surface area contributed by atoms with Crippen LogP contribution < -0.4 is 5.32 Å². The molecule has 2 heterocycles. The molecule has 5 heteroatoms. The number of amides is 1. The summed E-state index contributed by atoms with van der Waals surface area (Å²) in [6, 6.07) is 27.7. The van der Waals surface area contributed by atoms with Gasteiger partial charge in [-0.2, -0.15) is 5.10 Å². The van der Waals surface area contributed by atoms with E-state index in [0.717, 1.165) is 33.9 Å². The van der Waals surface area contributed by atoms with Gasteiger partial charge in [-0.05, 0) is 29.8 Å². The first kappa shape index (κ1) is 17.7. The fourth-order valence-electron chi connectivity index (χ4n) is 3.92. The quantitative estimate of drug-likeness (QED) is 0.482. The summed E-state index contributed by atoms with van der Waals surface area (Å²) in [6.07, 6.45) is 0.355. The zero-order valence-corrected chi connectivity index (χ0v) is 16.3. The van der Waals surface area contributed by atoms with E-state index in [0.29, 0.717) is 11.4 Å². The monoisotopic (exact) mass is 399 g/mol. The number of rotatable bonds is 3. The third kappa shape index (κ3) is 3.22. The zero-order chi connectivity index (χ0) is 19.8. The third-order valence-corrected chi connectivity index (χ3v) is 5.45. The number of nitrogens with one attached hydrogen (secondary N) is 1. The van der Waals surface area contributed by atoms with Crippen LogP contribution in [-0.4, -0.2) is 15.7 Å². The fraction of sp³-hybridized carbons (Fsp3) is 0.0833. The van der Waals surface area contributed by atoms with Gasteiger partial charge >= 0.3 is 0 Å². The first-order chi connectivity index (χ1) is 14.2. The summed E-state index contributed by atoms with van der Waals surface area (Å²) in [4.78, 5) is 12.6. The van der Waals surface area contributed by atoms with Crippen molar-refractivity contribution in [3.8, 4) is 16.9 Å². The van der Waals surface area contributed by atoms with Crippen LogP contribution in [-0.2, 0) is 4.79 Å². The van der Waals surface area contributed by atoms with E-state index in [4.69, 9.17) is 16.7 Å². The number of carbonyl (C=O) groups excluding carboxylic acids is 1. The summed E-state index contributed by atoms with van der Waals surface area (Å²) in [7, 11) is 0. The van der Waals surface area contributed by atoms with E-state index in [-0.39, 0.29) is 11.8 Å². The Bertz CT molecular complexity index is 1190. The molecule has 0 radical (unpaired) electrons. The van der Waals surface area contributed by atoms with Gasteiger partial charge in [0.2, 0.25) is 5.91 Å². The van der Waals surface area contributed by atoms with Crippen molar-refractivity contribution < 1.29 is 4.79 Å². The van der Waals surface area contributed by atoms with Gasteiger partial charge in [-0.3, -0.25) is 4.79 Å². The SMILES string of the molecule is O=C1CC(c2cccc(Cl)c2)c2c(-c3ccccc3)nn(-c3ccccc3)c2N1. The standard InChI is InChI=1S/C24H18ClN3O/c25-18-11-7-10-17(14-18)20-15-21(29)26-24-22(20)23(16-8-3-1-4-9-16)27-28(24)19-12-5-2-6-13-19/h1-14,20H,15H2,(H,26,29). The van der Waals surface area contributed by atoms with E-state index in [1.54, 1.807) is 0 Å². The maximum atomic E-state index is 12.6. The molecule has 0 saturated carbocycles. The van der Waals surface area contributed by atoms with Crippen LogP contribution in [0.5, 0.6) is 0 Å². The molecule has 0 fully saturated rings. The first-order valence-electron chi connectivity index (χ1n) is 9.50. The zero-order valence-electron chi connectivity index (χ0n) is 15.5. The van der Waals surface area contributed by atoms with E-state index < -0.39 is 0 Å². The number of anilines is 1. The number of aromatic nitrogens is 2. The maximum absolute atomic E-state index is 12.6. The highest BCUT2D eigenvalue weighted by Crippen LogP contribution is 2.44. The molecule has 29 heavy (non-hydrogen) atoms. The van der Waals surface area contributed by atoms with E-state index in [2.05, 4.69) is 5.32 Å². The lowest BCUT2D eigenvalue weighted by atomic mass is 9.84. The van der Waals surface area contributed by atoms with Gasteiger partial charge in [0.25, 0.3) is 0 Å². The highest BCUT2D eigenvalue weighted by atomic mass is 35.5. The molecule has 0 bridgehead atoms.